The fraction of sp³-hybridized carbons (Fsp3) is 0.550. The number of hydrogen-bond donors (Lipinski definition) is 2. The molecule has 0 radical (unpaired) electrons. The zero-order valence-corrected chi connectivity index (χ0v) is 16.7. The van der Waals surface area contributed by atoms with Crippen molar-refractivity contribution in [2.75, 3.05) is 5.32 Å². The first-order valence-corrected chi connectivity index (χ1v) is 9.96. The molecule has 2 saturated heterocycles. The summed E-state index contributed by atoms with van der Waals surface area (Å²) in [7, 11) is 0. The summed E-state index contributed by atoms with van der Waals surface area (Å²) in [6, 6.07) is 4.93. The van der Waals surface area contributed by atoms with Gasteiger partial charge in [0.2, 0.25) is 17.4 Å². The number of hydrogen-bond acceptors (Lipinski definition) is 3. The Labute approximate surface area is 163 Å². The van der Waals surface area contributed by atoms with E-state index in [4.69, 9.17) is 11.6 Å². The van der Waals surface area contributed by atoms with Crippen LogP contribution in [0.15, 0.2) is 18.2 Å². The second kappa shape index (κ2) is 6.04. The largest absolute Gasteiger partial charge is 0.326 e. The third kappa shape index (κ3) is 2.26. The van der Waals surface area contributed by atoms with Crippen LogP contribution >= 0.6 is 11.6 Å². The number of carbonyl (C=O) groups is 3. The molecule has 0 aromatic heterocycles. The third-order valence-corrected chi connectivity index (χ3v) is 6.83. The molecule has 1 spiro atoms. The molecule has 7 heteroatoms. The van der Waals surface area contributed by atoms with Crippen LogP contribution in [-0.4, -0.2) is 34.7 Å². The first kappa shape index (κ1) is 18.4. The van der Waals surface area contributed by atoms with Crippen molar-refractivity contribution < 1.29 is 19.7 Å². The highest BCUT2D eigenvalue weighted by Gasteiger charge is 2.74. The lowest BCUT2D eigenvalue weighted by molar-refractivity contribution is -0.738. The zero-order chi connectivity index (χ0) is 19.7. The van der Waals surface area contributed by atoms with Crippen LogP contribution in [0.4, 0.5) is 5.69 Å². The lowest BCUT2D eigenvalue weighted by Gasteiger charge is -2.29. The summed E-state index contributed by atoms with van der Waals surface area (Å²) < 4.78 is 0. The highest BCUT2D eigenvalue weighted by atomic mass is 35.5. The maximum absolute atomic E-state index is 13.4. The monoisotopic (exact) mass is 390 g/mol. The van der Waals surface area contributed by atoms with Crippen LogP contribution in [0.2, 0.25) is 5.02 Å². The second-order valence-electron chi connectivity index (χ2n) is 8.31. The number of nitrogens with one attached hydrogen (secondary N) is 1. The van der Waals surface area contributed by atoms with Crippen molar-refractivity contribution in [3.63, 3.8) is 0 Å². The summed E-state index contributed by atoms with van der Waals surface area (Å²) in [5.41, 5.74) is 0.255. The van der Waals surface area contributed by atoms with Crippen LogP contribution in [0.25, 0.3) is 0 Å². The van der Waals surface area contributed by atoms with E-state index in [0.717, 1.165) is 0 Å². The normalized spacial score (nSPS) is 33.0. The molecular weight excluding hydrogens is 366 g/mol. The van der Waals surface area contributed by atoms with Crippen LogP contribution in [0.1, 0.15) is 39.7 Å². The topological polar surface area (TPSA) is 83.1 Å². The summed E-state index contributed by atoms with van der Waals surface area (Å²) in [6.07, 6.45) is 0.689. The van der Waals surface area contributed by atoms with Crippen molar-refractivity contribution in [2.45, 2.75) is 51.7 Å². The van der Waals surface area contributed by atoms with E-state index >= 15 is 0 Å². The summed E-state index contributed by atoms with van der Waals surface area (Å²) in [5, 5.41) is 5.38. The van der Waals surface area contributed by atoms with E-state index in [0.29, 0.717) is 22.7 Å². The Morgan fingerprint density at radius 2 is 1.93 bits per heavy atom. The number of rotatable bonds is 3. The van der Waals surface area contributed by atoms with Gasteiger partial charge in [-0.1, -0.05) is 32.4 Å². The van der Waals surface area contributed by atoms with Crippen molar-refractivity contribution >= 4 is 35.0 Å². The SMILES string of the molecule is CC[C@H](C)N1C(=O)[C@@H]2[C@@H](C(C)C)[NH2+][C@@]3(C(=O)Nc4ccc(Cl)cc43)[C@@H]2C1=O. The van der Waals surface area contributed by atoms with Crippen molar-refractivity contribution in [3.05, 3.63) is 28.8 Å². The van der Waals surface area contributed by atoms with Gasteiger partial charge in [-0.15, -0.1) is 0 Å². The van der Waals surface area contributed by atoms with Gasteiger partial charge in [0.1, 0.15) is 17.9 Å². The molecular formula is C20H25ClN3O3+. The minimum atomic E-state index is -1.13. The van der Waals surface area contributed by atoms with Gasteiger partial charge in [-0.25, -0.2) is 0 Å². The van der Waals surface area contributed by atoms with Gasteiger partial charge in [-0.3, -0.25) is 19.3 Å². The number of fused-ring (bicyclic) bond motifs is 4. The Morgan fingerprint density at radius 3 is 2.56 bits per heavy atom. The minimum absolute atomic E-state index is 0.140. The van der Waals surface area contributed by atoms with Gasteiger partial charge in [0.15, 0.2) is 0 Å². The highest BCUT2D eigenvalue weighted by molar-refractivity contribution is 6.31. The second-order valence-corrected chi connectivity index (χ2v) is 8.74. The number of benzene rings is 1. The minimum Gasteiger partial charge on any atom is -0.326 e. The number of anilines is 1. The van der Waals surface area contributed by atoms with Gasteiger partial charge >= 0.3 is 0 Å². The summed E-state index contributed by atoms with van der Waals surface area (Å²) >= 11 is 6.23. The predicted octanol–water partition coefficient (Wildman–Crippen LogP) is 1.49. The molecule has 0 bridgehead atoms. The molecule has 144 valence electrons. The Kier molecular flexibility index (Phi) is 4.13. The van der Waals surface area contributed by atoms with Gasteiger partial charge in [0.05, 0.1) is 5.69 Å². The smallest absolute Gasteiger partial charge is 0.291 e. The summed E-state index contributed by atoms with van der Waals surface area (Å²) in [5.74, 6) is -1.67. The summed E-state index contributed by atoms with van der Waals surface area (Å²) in [6.45, 7) is 7.91. The number of imide groups is 1. The van der Waals surface area contributed by atoms with Gasteiger partial charge in [-0.2, -0.15) is 0 Å². The Bertz CT molecular complexity index is 855. The number of likely N-dealkylation sites (tertiary alicyclic amines) is 1. The quantitative estimate of drug-likeness (QED) is 0.767. The lowest BCUT2D eigenvalue weighted by atomic mass is 9.76. The Balaban J connectivity index is 1.92. The number of nitrogens with two attached hydrogens (primary N) is 1. The molecule has 3 N–H and O–H groups in total. The van der Waals surface area contributed by atoms with E-state index in [1.54, 1.807) is 18.2 Å². The lowest BCUT2D eigenvalue weighted by Crippen LogP contribution is -2.99. The van der Waals surface area contributed by atoms with Crippen molar-refractivity contribution in [1.29, 1.82) is 0 Å². The molecule has 3 amide bonds. The van der Waals surface area contributed by atoms with Crippen molar-refractivity contribution in [1.82, 2.24) is 4.90 Å². The first-order valence-electron chi connectivity index (χ1n) is 9.58. The third-order valence-electron chi connectivity index (χ3n) is 6.60. The van der Waals surface area contributed by atoms with Gasteiger partial charge < -0.3 is 10.6 Å². The van der Waals surface area contributed by atoms with E-state index < -0.39 is 17.4 Å². The molecule has 4 rings (SSSR count). The standard InChI is InChI=1S/C20H24ClN3O3/c1-5-10(4)24-17(25)14-15(18(24)26)20(23-16(14)9(2)3)12-8-11(21)6-7-13(12)22-19(20)27/h6-10,14-16,23H,5H2,1-4H3,(H,22,27)/p+1/t10-,14-,15-,16+,20+/m0/s1. The van der Waals surface area contributed by atoms with Gasteiger partial charge in [-0.05, 0) is 31.5 Å². The van der Waals surface area contributed by atoms with Crippen LogP contribution in [0, 0.1) is 17.8 Å². The number of nitrogens with zero attached hydrogens (tertiary/aromatic N) is 1. The van der Waals surface area contributed by atoms with Gasteiger partial charge in [0, 0.05) is 22.5 Å². The molecule has 0 aliphatic carbocycles. The van der Waals surface area contributed by atoms with Crippen molar-refractivity contribution in [3.8, 4) is 0 Å². The molecule has 5 atom stereocenters. The molecule has 0 saturated carbocycles. The Hall–Kier alpha value is -1.92. The van der Waals surface area contributed by atoms with Crippen LogP contribution < -0.4 is 10.6 Å². The number of quaternary nitrogens is 1. The van der Waals surface area contributed by atoms with Gasteiger partial charge in [0.25, 0.3) is 5.91 Å². The molecule has 1 aromatic carbocycles. The summed E-state index contributed by atoms with van der Waals surface area (Å²) in [4.78, 5) is 41.3. The molecule has 1 aromatic rings. The van der Waals surface area contributed by atoms with E-state index in [9.17, 15) is 14.4 Å². The van der Waals surface area contributed by atoms with E-state index in [-0.39, 0.29) is 35.7 Å². The molecule has 2 fully saturated rings. The molecule has 6 nitrogen and oxygen atoms in total. The molecule has 3 heterocycles. The number of halogens is 1. The first-order chi connectivity index (χ1) is 12.7. The Morgan fingerprint density at radius 1 is 1.22 bits per heavy atom. The number of amides is 3. The molecule has 3 aliphatic rings. The van der Waals surface area contributed by atoms with E-state index in [2.05, 4.69) is 5.32 Å². The van der Waals surface area contributed by atoms with Crippen molar-refractivity contribution in [2.24, 2.45) is 17.8 Å². The molecule has 3 aliphatic heterocycles. The predicted molar refractivity (Wildman–Crippen MR) is 101 cm³/mol. The highest BCUT2D eigenvalue weighted by Crippen LogP contribution is 2.50. The van der Waals surface area contributed by atoms with Crippen LogP contribution in [-0.2, 0) is 19.9 Å². The fourth-order valence-electron chi connectivity index (χ4n) is 5.11. The van der Waals surface area contributed by atoms with Crippen LogP contribution in [0.5, 0.6) is 0 Å². The number of carbonyl (C=O) groups excluding carboxylic acids is 3. The average Bonchev–Trinajstić information content (AvgIpc) is 3.20. The molecule has 0 unspecified atom stereocenters. The zero-order valence-electron chi connectivity index (χ0n) is 16.0. The maximum atomic E-state index is 13.4. The maximum Gasteiger partial charge on any atom is 0.291 e. The van der Waals surface area contributed by atoms with E-state index in [1.165, 1.54) is 4.90 Å². The van der Waals surface area contributed by atoms with E-state index in [1.807, 2.05) is 33.0 Å². The van der Waals surface area contributed by atoms with Crippen LogP contribution in [0.3, 0.4) is 0 Å². The molecule has 27 heavy (non-hydrogen) atoms. The average molecular weight is 391 g/mol. The fourth-order valence-corrected chi connectivity index (χ4v) is 5.28.